The van der Waals surface area contributed by atoms with Crippen molar-refractivity contribution < 1.29 is 9.47 Å². The summed E-state index contributed by atoms with van der Waals surface area (Å²) in [5.41, 5.74) is 3.38. The van der Waals surface area contributed by atoms with E-state index in [1.165, 1.54) is 5.19 Å². The molecule has 3 heteroatoms. The van der Waals surface area contributed by atoms with Crippen molar-refractivity contribution in [1.82, 2.24) is 0 Å². The standard InChI is InChI=1S/C15H22O2Si/c1-5-16-14(2)17-12-9-13-18(3,4)15-10-7-6-8-11-15/h6-8,10-11,14H,5,12H2,1-4H3. The van der Waals surface area contributed by atoms with Gasteiger partial charge in [0.15, 0.2) is 14.4 Å². The van der Waals surface area contributed by atoms with E-state index in [0.29, 0.717) is 13.2 Å². The molecule has 98 valence electrons. The van der Waals surface area contributed by atoms with Crippen molar-refractivity contribution in [2.45, 2.75) is 33.2 Å². The summed E-state index contributed by atoms with van der Waals surface area (Å²) in [5.74, 6) is 3.12. The molecule has 18 heavy (non-hydrogen) atoms. The van der Waals surface area contributed by atoms with Gasteiger partial charge in [-0.2, -0.15) is 0 Å². The third kappa shape index (κ3) is 5.05. The fourth-order valence-corrected chi connectivity index (χ4v) is 3.31. The van der Waals surface area contributed by atoms with Crippen LogP contribution in [0.15, 0.2) is 30.3 Å². The largest absolute Gasteiger partial charge is 0.353 e. The van der Waals surface area contributed by atoms with Crippen molar-refractivity contribution >= 4 is 13.3 Å². The molecule has 0 saturated carbocycles. The fourth-order valence-electron chi connectivity index (χ4n) is 1.63. The second kappa shape index (κ2) is 7.37. The lowest BCUT2D eigenvalue weighted by Crippen LogP contribution is -2.40. The molecule has 0 heterocycles. The van der Waals surface area contributed by atoms with Crippen LogP contribution in [0.3, 0.4) is 0 Å². The summed E-state index contributed by atoms with van der Waals surface area (Å²) in [5, 5.41) is 1.36. The van der Waals surface area contributed by atoms with Crippen molar-refractivity contribution in [3.63, 3.8) is 0 Å². The fraction of sp³-hybridized carbons (Fsp3) is 0.467. The van der Waals surface area contributed by atoms with Gasteiger partial charge in [0.2, 0.25) is 0 Å². The summed E-state index contributed by atoms with van der Waals surface area (Å²) in [6, 6.07) is 10.5. The summed E-state index contributed by atoms with van der Waals surface area (Å²) < 4.78 is 10.7. The van der Waals surface area contributed by atoms with Gasteiger partial charge < -0.3 is 9.47 Å². The first kappa shape index (κ1) is 15.0. The minimum absolute atomic E-state index is 0.175. The summed E-state index contributed by atoms with van der Waals surface area (Å²) in [7, 11) is -1.65. The molecule has 0 aliphatic carbocycles. The highest BCUT2D eigenvalue weighted by Crippen LogP contribution is 2.01. The second-order valence-corrected chi connectivity index (χ2v) is 8.70. The molecule has 0 saturated heterocycles. The van der Waals surface area contributed by atoms with Crippen LogP contribution in [-0.2, 0) is 9.47 Å². The molecule has 0 aliphatic heterocycles. The van der Waals surface area contributed by atoms with E-state index in [2.05, 4.69) is 48.8 Å². The summed E-state index contributed by atoms with van der Waals surface area (Å²) >= 11 is 0. The number of ether oxygens (including phenoxy) is 2. The van der Waals surface area contributed by atoms with Gasteiger partial charge in [-0.25, -0.2) is 0 Å². The molecule has 2 nitrogen and oxygen atoms in total. The van der Waals surface area contributed by atoms with E-state index in [-0.39, 0.29) is 6.29 Å². The zero-order valence-electron chi connectivity index (χ0n) is 11.7. The van der Waals surface area contributed by atoms with Crippen LogP contribution in [0, 0.1) is 11.5 Å². The Hall–Kier alpha value is -1.08. The zero-order valence-corrected chi connectivity index (χ0v) is 12.7. The van der Waals surface area contributed by atoms with Crippen LogP contribution < -0.4 is 5.19 Å². The Bertz CT molecular complexity index is 403. The van der Waals surface area contributed by atoms with E-state index in [1.807, 2.05) is 19.9 Å². The van der Waals surface area contributed by atoms with Crippen LogP contribution in [0.25, 0.3) is 0 Å². The van der Waals surface area contributed by atoms with Crippen molar-refractivity contribution in [2.24, 2.45) is 0 Å². The van der Waals surface area contributed by atoms with Crippen LogP contribution >= 0.6 is 0 Å². The van der Waals surface area contributed by atoms with E-state index in [4.69, 9.17) is 9.47 Å². The molecule has 1 unspecified atom stereocenters. The third-order valence-electron chi connectivity index (χ3n) is 2.69. The highest BCUT2D eigenvalue weighted by molar-refractivity contribution is 6.96. The van der Waals surface area contributed by atoms with Gasteiger partial charge in [-0.05, 0) is 19.0 Å². The zero-order chi connectivity index (χ0) is 13.4. The van der Waals surface area contributed by atoms with Crippen LogP contribution in [0.4, 0.5) is 0 Å². The molecule has 0 spiro atoms. The first-order valence-corrected chi connectivity index (χ1v) is 9.35. The first-order valence-electron chi connectivity index (χ1n) is 6.35. The topological polar surface area (TPSA) is 18.5 Å². The highest BCUT2D eigenvalue weighted by atomic mass is 28.3. The van der Waals surface area contributed by atoms with Gasteiger partial charge in [0, 0.05) is 6.61 Å². The Morgan fingerprint density at radius 3 is 2.44 bits per heavy atom. The van der Waals surface area contributed by atoms with E-state index in [0.717, 1.165) is 0 Å². The maximum Gasteiger partial charge on any atom is 0.162 e. The quantitative estimate of drug-likeness (QED) is 0.461. The van der Waals surface area contributed by atoms with E-state index >= 15 is 0 Å². The predicted octanol–water partition coefficient (Wildman–Crippen LogP) is 2.54. The molecule has 0 radical (unpaired) electrons. The molecule has 1 aromatic rings. The van der Waals surface area contributed by atoms with Crippen LogP contribution in [-0.4, -0.2) is 27.6 Å². The minimum atomic E-state index is -1.65. The van der Waals surface area contributed by atoms with Crippen molar-refractivity contribution in [3.05, 3.63) is 30.3 Å². The monoisotopic (exact) mass is 262 g/mol. The Morgan fingerprint density at radius 1 is 1.17 bits per heavy atom. The predicted molar refractivity (Wildman–Crippen MR) is 78.4 cm³/mol. The van der Waals surface area contributed by atoms with E-state index in [1.54, 1.807) is 0 Å². The van der Waals surface area contributed by atoms with Crippen LogP contribution in [0.2, 0.25) is 13.1 Å². The first-order chi connectivity index (χ1) is 8.56. The van der Waals surface area contributed by atoms with Gasteiger partial charge in [0.1, 0.15) is 6.61 Å². The molecule has 1 atom stereocenters. The van der Waals surface area contributed by atoms with Gasteiger partial charge in [-0.3, -0.25) is 0 Å². The molecular weight excluding hydrogens is 240 g/mol. The van der Waals surface area contributed by atoms with Gasteiger partial charge >= 0.3 is 0 Å². The molecule has 0 amide bonds. The maximum absolute atomic E-state index is 5.44. The molecule has 0 aliphatic rings. The Balaban J connectivity index is 2.51. The third-order valence-corrected chi connectivity index (χ3v) is 5.27. The lowest BCUT2D eigenvalue weighted by molar-refractivity contribution is -0.117. The second-order valence-electron chi connectivity index (χ2n) is 4.63. The average Bonchev–Trinajstić information content (AvgIpc) is 2.36. The molecule has 1 aromatic carbocycles. The molecule has 0 fully saturated rings. The van der Waals surface area contributed by atoms with Gasteiger partial charge in [-0.15, -0.1) is 5.54 Å². The summed E-state index contributed by atoms with van der Waals surface area (Å²) in [6.07, 6.45) is -0.175. The Kier molecular flexibility index (Phi) is 6.13. The van der Waals surface area contributed by atoms with Crippen molar-refractivity contribution in [2.75, 3.05) is 13.2 Å². The van der Waals surface area contributed by atoms with Crippen LogP contribution in [0.1, 0.15) is 13.8 Å². The Labute approximate surface area is 111 Å². The van der Waals surface area contributed by atoms with Gasteiger partial charge in [0.25, 0.3) is 0 Å². The lowest BCUT2D eigenvalue weighted by Gasteiger charge is -2.15. The number of rotatable bonds is 5. The summed E-state index contributed by atoms with van der Waals surface area (Å²) in [6.45, 7) is 9.45. The van der Waals surface area contributed by atoms with Crippen LogP contribution in [0.5, 0.6) is 0 Å². The smallest absolute Gasteiger partial charge is 0.162 e. The van der Waals surface area contributed by atoms with Gasteiger partial charge in [-0.1, -0.05) is 49.3 Å². The normalized spacial score (nSPS) is 12.7. The number of benzene rings is 1. The van der Waals surface area contributed by atoms with Crippen molar-refractivity contribution in [1.29, 1.82) is 0 Å². The van der Waals surface area contributed by atoms with Gasteiger partial charge in [0.05, 0.1) is 0 Å². The molecule has 0 aromatic heterocycles. The molecule has 0 bridgehead atoms. The number of hydrogen-bond donors (Lipinski definition) is 0. The molecule has 0 N–H and O–H groups in total. The highest BCUT2D eigenvalue weighted by Gasteiger charge is 2.20. The van der Waals surface area contributed by atoms with Crippen molar-refractivity contribution in [3.8, 4) is 11.5 Å². The Morgan fingerprint density at radius 2 is 1.83 bits per heavy atom. The lowest BCUT2D eigenvalue weighted by atomic mass is 10.4. The molecular formula is C15H22O2Si. The average molecular weight is 262 g/mol. The van der Waals surface area contributed by atoms with E-state index in [9.17, 15) is 0 Å². The van der Waals surface area contributed by atoms with E-state index < -0.39 is 8.07 Å². The SMILES string of the molecule is CCOC(C)OCC#C[Si](C)(C)c1ccccc1. The summed E-state index contributed by atoms with van der Waals surface area (Å²) in [4.78, 5) is 0. The maximum atomic E-state index is 5.44. The minimum Gasteiger partial charge on any atom is -0.353 e. The molecule has 1 rings (SSSR count). The number of hydrogen-bond acceptors (Lipinski definition) is 2.